The minimum Gasteiger partial charge on any atom is -0.465 e. The fraction of sp³-hybridized carbons (Fsp3) is 0.294. The van der Waals surface area contributed by atoms with Gasteiger partial charge in [-0.15, -0.1) is 0 Å². The maximum Gasteiger partial charge on any atom is 0.410 e. The highest BCUT2D eigenvalue weighted by Crippen LogP contribution is 2.42. The molecule has 1 aliphatic heterocycles. The Hall–Kier alpha value is -3.54. The van der Waals surface area contributed by atoms with Crippen molar-refractivity contribution in [2.24, 2.45) is 0 Å². The molecule has 7 heteroatoms. The zero-order valence-corrected chi connectivity index (χ0v) is 25.2. The number of rotatable bonds is 4. The maximum atomic E-state index is 12.3. The van der Waals surface area contributed by atoms with E-state index in [0.29, 0.717) is 28.7 Å². The molecule has 0 saturated carbocycles. The molecule has 1 fully saturated rings. The van der Waals surface area contributed by atoms with Crippen molar-refractivity contribution in [2.75, 3.05) is 20.2 Å². The van der Waals surface area contributed by atoms with Crippen LogP contribution in [0.4, 0.5) is 4.79 Å². The molecule has 5 rings (SSSR count). The van der Waals surface area contributed by atoms with Crippen molar-refractivity contribution in [1.29, 1.82) is 0 Å². The third-order valence-corrected chi connectivity index (χ3v) is 7.78. The van der Waals surface area contributed by atoms with Gasteiger partial charge >= 0.3 is 12.1 Å². The summed E-state index contributed by atoms with van der Waals surface area (Å²) in [4.78, 5) is 26.3. The molecule has 0 bridgehead atoms. The van der Waals surface area contributed by atoms with Crippen LogP contribution in [0.3, 0.4) is 0 Å². The molecule has 1 heterocycles. The van der Waals surface area contributed by atoms with Gasteiger partial charge in [0.2, 0.25) is 0 Å². The molecule has 0 atom stereocenters. The highest BCUT2D eigenvalue weighted by Gasteiger charge is 2.29. The SMILES string of the molecule is COC(=O)c1ccc2c(c1)CCCC(c1ccc(Cl)cc1Cl)=C2c1ccc(C=C2CN(C(=O)OC(C)(C)C)C2)cc1. The lowest BCUT2D eigenvalue weighted by Crippen LogP contribution is -2.46. The third kappa shape index (κ3) is 6.52. The molecule has 212 valence electrons. The standard InChI is InChI=1S/C34H33Cl2NO4/c1-34(2,3)41-33(39)37-19-22(20-37)16-21-8-10-23(11-9-21)31-27-14-12-25(32(38)40-4)17-24(27)6-5-7-29(31)28-15-13-26(35)18-30(28)36/h8-18H,5-7,19-20H2,1-4H3. The number of halogens is 2. The lowest BCUT2D eigenvalue weighted by atomic mass is 9.87. The van der Waals surface area contributed by atoms with Crippen LogP contribution in [0.5, 0.6) is 0 Å². The van der Waals surface area contributed by atoms with Gasteiger partial charge in [-0.25, -0.2) is 9.59 Å². The largest absolute Gasteiger partial charge is 0.465 e. The minimum atomic E-state index is -0.506. The number of hydrogen-bond donors (Lipinski definition) is 0. The van der Waals surface area contributed by atoms with Gasteiger partial charge in [0, 0.05) is 23.1 Å². The number of allylic oxidation sites excluding steroid dienone is 1. The monoisotopic (exact) mass is 589 g/mol. The Balaban J connectivity index is 1.50. The van der Waals surface area contributed by atoms with Crippen molar-refractivity contribution in [3.05, 3.63) is 110 Å². The zero-order valence-electron chi connectivity index (χ0n) is 23.7. The van der Waals surface area contributed by atoms with Gasteiger partial charge in [0.05, 0.1) is 12.7 Å². The van der Waals surface area contributed by atoms with Gasteiger partial charge in [-0.1, -0.05) is 65.7 Å². The number of aryl methyl sites for hydroxylation is 1. The van der Waals surface area contributed by atoms with E-state index in [-0.39, 0.29) is 12.1 Å². The molecular formula is C34H33Cl2NO4. The molecule has 0 spiro atoms. The number of esters is 1. The summed E-state index contributed by atoms with van der Waals surface area (Å²) in [7, 11) is 1.40. The Kier molecular flexibility index (Phi) is 8.30. The first kappa shape index (κ1) is 29.0. The molecule has 1 saturated heterocycles. The smallest absolute Gasteiger partial charge is 0.410 e. The zero-order chi connectivity index (χ0) is 29.3. The fourth-order valence-corrected chi connectivity index (χ4v) is 5.86. The van der Waals surface area contributed by atoms with Gasteiger partial charge in [0.15, 0.2) is 0 Å². The number of nitrogens with zero attached hydrogens (tertiary/aromatic N) is 1. The van der Waals surface area contributed by atoms with E-state index >= 15 is 0 Å². The third-order valence-electron chi connectivity index (χ3n) is 7.24. The summed E-state index contributed by atoms with van der Waals surface area (Å²) in [5.74, 6) is -0.345. The van der Waals surface area contributed by atoms with Crippen LogP contribution in [0.25, 0.3) is 17.2 Å². The van der Waals surface area contributed by atoms with Crippen molar-refractivity contribution in [1.82, 2.24) is 4.90 Å². The second-order valence-electron chi connectivity index (χ2n) is 11.5. The van der Waals surface area contributed by atoms with Crippen LogP contribution in [-0.2, 0) is 15.9 Å². The van der Waals surface area contributed by atoms with E-state index in [9.17, 15) is 9.59 Å². The first-order chi connectivity index (χ1) is 19.5. The van der Waals surface area contributed by atoms with Crippen LogP contribution in [0, 0.1) is 0 Å². The molecule has 1 aliphatic carbocycles. The first-order valence-electron chi connectivity index (χ1n) is 13.7. The Morgan fingerprint density at radius 1 is 0.902 bits per heavy atom. The normalized spacial score (nSPS) is 15.1. The average molecular weight is 591 g/mol. The van der Waals surface area contributed by atoms with Crippen molar-refractivity contribution >= 4 is 52.5 Å². The number of likely N-dealkylation sites (tertiary alicyclic amines) is 1. The van der Waals surface area contributed by atoms with Crippen LogP contribution >= 0.6 is 23.2 Å². The highest BCUT2D eigenvalue weighted by molar-refractivity contribution is 6.36. The summed E-state index contributed by atoms with van der Waals surface area (Å²) < 4.78 is 10.4. The molecular weight excluding hydrogens is 557 g/mol. The number of carbonyl (C=O) groups excluding carboxylic acids is 2. The number of benzene rings is 3. The van der Waals surface area contributed by atoms with E-state index in [1.165, 1.54) is 12.7 Å². The van der Waals surface area contributed by atoms with Gasteiger partial charge < -0.3 is 14.4 Å². The Labute approximate surface area is 251 Å². The number of ether oxygens (including phenoxy) is 2. The van der Waals surface area contributed by atoms with Gasteiger partial charge in [-0.05, 0) is 109 Å². The summed E-state index contributed by atoms with van der Waals surface area (Å²) in [5.41, 5.74) is 8.71. The van der Waals surface area contributed by atoms with Crippen molar-refractivity contribution in [3.63, 3.8) is 0 Å². The number of hydrogen-bond acceptors (Lipinski definition) is 4. The summed E-state index contributed by atoms with van der Waals surface area (Å²) in [6.07, 6.45) is 4.41. The van der Waals surface area contributed by atoms with E-state index in [2.05, 4.69) is 30.3 Å². The quantitative estimate of drug-likeness (QED) is 0.285. The van der Waals surface area contributed by atoms with Gasteiger partial charge in [0.1, 0.15) is 5.60 Å². The highest BCUT2D eigenvalue weighted by atomic mass is 35.5. The molecule has 0 radical (unpaired) electrons. The predicted octanol–water partition coefficient (Wildman–Crippen LogP) is 8.71. The first-order valence-corrected chi connectivity index (χ1v) is 14.5. The molecule has 0 aromatic heterocycles. The summed E-state index contributed by atoms with van der Waals surface area (Å²) in [6.45, 7) is 6.74. The second kappa shape index (κ2) is 11.8. The molecule has 2 aliphatic rings. The van der Waals surface area contributed by atoms with Crippen molar-refractivity contribution in [3.8, 4) is 0 Å². The molecule has 0 N–H and O–H groups in total. The lowest BCUT2D eigenvalue weighted by Gasteiger charge is -2.35. The minimum absolute atomic E-state index is 0.285. The maximum absolute atomic E-state index is 12.3. The molecule has 3 aromatic carbocycles. The average Bonchev–Trinajstić information content (AvgIpc) is 3.08. The number of carbonyl (C=O) groups is 2. The van der Waals surface area contributed by atoms with Crippen molar-refractivity contribution in [2.45, 2.75) is 45.6 Å². The van der Waals surface area contributed by atoms with Crippen LogP contribution < -0.4 is 0 Å². The summed E-state index contributed by atoms with van der Waals surface area (Å²) in [5, 5.41) is 1.21. The molecule has 5 nitrogen and oxygen atoms in total. The molecule has 41 heavy (non-hydrogen) atoms. The van der Waals surface area contributed by atoms with Crippen LogP contribution in [-0.4, -0.2) is 42.8 Å². The van der Waals surface area contributed by atoms with Gasteiger partial charge in [0.25, 0.3) is 0 Å². The van der Waals surface area contributed by atoms with Crippen molar-refractivity contribution < 1.29 is 19.1 Å². The Morgan fingerprint density at radius 2 is 1.61 bits per heavy atom. The molecule has 3 aromatic rings. The number of fused-ring (bicyclic) bond motifs is 1. The van der Waals surface area contributed by atoms with E-state index in [1.807, 2.05) is 51.1 Å². The fourth-order valence-electron chi connectivity index (χ4n) is 5.34. The van der Waals surface area contributed by atoms with Crippen LogP contribution in [0.1, 0.15) is 71.8 Å². The number of methoxy groups -OCH3 is 1. The van der Waals surface area contributed by atoms with Crippen LogP contribution in [0.2, 0.25) is 10.0 Å². The van der Waals surface area contributed by atoms with Crippen LogP contribution in [0.15, 0.2) is 66.2 Å². The second-order valence-corrected chi connectivity index (χ2v) is 12.3. The summed E-state index contributed by atoms with van der Waals surface area (Å²) >= 11 is 13.0. The van der Waals surface area contributed by atoms with Gasteiger partial charge in [-0.3, -0.25) is 0 Å². The lowest BCUT2D eigenvalue weighted by molar-refractivity contribution is 0.0216. The van der Waals surface area contributed by atoms with E-state index in [1.54, 1.807) is 11.0 Å². The van der Waals surface area contributed by atoms with E-state index in [4.69, 9.17) is 32.7 Å². The summed E-state index contributed by atoms with van der Waals surface area (Å²) in [6, 6.07) is 19.9. The van der Waals surface area contributed by atoms with E-state index in [0.717, 1.165) is 58.2 Å². The Morgan fingerprint density at radius 3 is 2.27 bits per heavy atom. The molecule has 0 unspecified atom stereocenters. The number of amides is 1. The topological polar surface area (TPSA) is 55.8 Å². The predicted molar refractivity (Wildman–Crippen MR) is 165 cm³/mol. The Bertz CT molecular complexity index is 1560. The van der Waals surface area contributed by atoms with Gasteiger partial charge in [-0.2, -0.15) is 0 Å². The van der Waals surface area contributed by atoms with E-state index < -0.39 is 5.60 Å². The molecule has 1 amide bonds.